The number of ether oxygens (including phenoxy) is 1. The summed E-state index contributed by atoms with van der Waals surface area (Å²) in [6.45, 7) is 1.50. The second kappa shape index (κ2) is 6.92. The Hall–Kier alpha value is -1.67. The molecule has 0 unspecified atom stereocenters. The van der Waals surface area contributed by atoms with Gasteiger partial charge in [0.1, 0.15) is 11.6 Å². The van der Waals surface area contributed by atoms with Crippen molar-refractivity contribution in [1.29, 1.82) is 0 Å². The molecule has 0 saturated carbocycles. The third-order valence-electron chi connectivity index (χ3n) is 2.07. The fourth-order valence-corrected chi connectivity index (χ4v) is 1.74. The summed E-state index contributed by atoms with van der Waals surface area (Å²) in [6.07, 6.45) is 0.524. The zero-order valence-electron chi connectivity index (χ0n) is 10.2. The zero-order valence-corrected chi connectivity index (χ0v) is 11.1. The van der Waals surface area contributed by atoms with Gasteiger partial charge in [-0.1, -0.05) is 23.6 Å². The number of thioether (sulfide) groups is 1. The van der Waals surface area contributed by atoms with Crippen molar-refractivity contribution in [2.75, 3.05) is 18.6 Å². The molecule has 0 heterocycles. The molecule has 0 radical (unpaired) electrons. The average Bonchev–Trinajstić information content (AvgIpc) is 2.30. The number of benzene rings is 1. The second-order valence-corrected chi connectivity index (χ2v) is 4.74. The molecule has 96 valence electrons. The molecule has 1 rings (SSSR count). The summed E-state index contributed by atoms with van der Waals surface area (Å²) in [5.74, 6) is 6.05. The minimum absolute atomic E-state index is 0.0529. The van der Waals surface area contributed by atoms with Crippen LogP contribution < -0.4 is 10.5 Å². The molecule has 1 aromatic carbocycles. The zero-order chi connectivity index (χ0) is 13.5. The third-order valence-corrected chi connectivity index (χ3v) is 2.89. The van der Waals surface area contributed by atoms with Crippen molar-refractivity contribution in [3.8, 4) is 17.6 Å². The van der Waals surface area contributed by atoms with Crippen LogP contribution >= 0.6 is 11.8 Å². The van der Waals surface area contributed by atoms with Gasteiger partial charge in [-0.05, 0) is 0 Å². The monoisotopic (exact) mass is 267 g/mol. The lowest BCUT2D eigenvalue weighted by atomic mass is 10.1. The van der Waals surface area contributed by atoms with E-state index in [1.165, 1.54) is 37.9 Å². The summed E-state index contributed by atoms with van der Waals surface area (Å²) in [6, 6.07) is 2.66. The van der Waals surface area contributed by atoms with Gasteiger partial charge in [0.05, 0.1) is 18.4 Å². The average molecular weight is 267 g/mol. The van der Waals surface area contributed by atoms with Crippen LogP contribution in [0.25, 0.3) is 0 Å². The fraction of sp³-hybridized carbons (Fsp3) is 0.308. The molecule has 0 aliphatic rings. The summed E-state index contributed by atoms with van der Waals surface area (Å²) >= 11 is 1.20. The lowest BCUT2D eigenvalue weighted by Gasteiger charge is -2.05. The Morgan fingerprint density at radius 3 is 2.89 bits per heavy atom. The van der Waals surface area contributed by atoms with Crippen molar-refractivity contribution in [1.82, 2.24) is 0 Å². The first-order chi connectivity index (χ1) is 8.54. The Kier molecular flexibility index (Phi) is 5.53. The molecule has 0 aromatic heterocycles. The highest BCUT2D eigenvalue weighted by Crippen LogP contribution is 2.24. The van der Waals surface area contributed by atoms with E-state index in [2.05, 4.69) is 11.8 Å². The van der Waals surface area contributed by atoms with Gasteiger partial charge in [-0.25, -0.2) is 4.39 Å². The largest absolute Gasteiger partial charge is 0.495 e. The number of carbonyl (C=O) groups excluding carboxylic acids is 1. The van der Waals surface area contributed by atoms with Gasteiger partial charge >= 0.3 is 0 Å². The molecule has 0 aliphatic heterocycles. The highest BCUT2D eigenvalue weighted by Gasteiger charge is 2.06. The first kappa shape index (κ1) is 14.4. The van der Waals surface area contributed by atoms with Crippen LogP contribution in [0.5, 0.6) is 5.75 Å². The van der Waals surface area contributed by atoms with Gasteiger partial charge in [-0.15, -0.1) is 0 Å². The van der Waals surface area contributed by atoms with Crippen LogP contribution in [-0.4, -0.2) is 18.0 Å². The van der Waals surface area contributed by atoms with Crippen LogP contribution in [0.1, 0.15) is 18.9 Å². The van der Waals surface area contributed by atoms with Gasteiger partial charge in [-0.3, -0.25) is 4.79 Å². The van der Waals surface area contributed by atoms with E-state index >= 15 is 0 Å². The van der Waals surface area contributed by atoms with E-state index in [1.807, 2.05) is 0 Å². The molecule has 5 heteroatoms. The van der Waals surface area contributed by atoms with E-state index in [9.17, 15) is 9.18 Å². The van der Waals surface area contributed by atoms with Crippen LogP contribution in [0.4, 0.5) is 10.1 Å². The Morgan fingerprint density at radius 2 is 2.28 bits per heavy atom. The molecule has 0 amide bonds. The van der Waals surface area contributed by atoms with Crippen molar-refractivity contribution >= 4 is 22.6 Å². The van der Waals surface area contributed by atoms with Crippen molar-refractivity contribution in [2.24, 2.45) is 0 Å². The number of rotatable bonds is 3. The lowest BCUT2D eigenvalue weighted by molar-refractivity contribution is -0.109. The Bertz CT molecular complexity index is 506. The normalized spacial score (nSPS) is 9.50. The van der Waals surface area contributed by atoms with E-state index < -0.39 is 5.82 Å². The maximum absolute atomic E-state index is 13.5. The first-order valence-corrected chi connectivity index (χ1v) is 6.28. The molecular formula is C13H14FNO2S. The molecule has 0 aliphatic carbocycles. The summed E-state index contributed by atoms with van der Waals surface area (Å²) in [7, 11) is 1.46. The van der Waals surface area contributed by atoms with E-state index in [4.69, 9.17) is 10.5 Å². The molecule has 0 atom stereocenters. The fourth-order valence-electron chi connectivity index (χ4n) is 1.24. The standard InChI is InChI=1S/C13H14FNO2S/c1-9(16)18-6-4-3-5-10-7-13(17-2)12(15)8-11(10)14/h7-8H,4,6,15H2,1-2H3. The molecule has 18 heavy (non-hydrogen) atoms. The molecular weight excluding hydrogens is 253 g/mol. The summed E-state index contributed by atoms with van der Waals surface area (Å²) in [5.41, 5.74) is 6.04. The summed E-state index contributed by atoms with van der Waals surface area (Å²) in [5, 5.41) is 0.0529. The van der Waals surface area contributed by atoms with Crippen LogP contribution in [0.15, 0.2) is 12.1 Å². The van der Waals surface area contributed by atoms with Gasteiger partial charge < -0.3 is 10.5 Å². The van der Waals surface area contributed by atoms with E-state index in [0.717, 1.165) is 0 Å². The maximum Gasteiger partial charge on any atom is 0.185 e. The molecule has 0 fully saturated rings. The number of nitrogen functional groups attached to an aromatic ring is 1. The maximum atomic E-state index is 13.5. The number of hydrogen-bond acceptors (Lipinski definition) is 4. The Labute approximate surface area is 110 Å². The smallest absolute Gasteiger partial charge is 0.185 e. The highest BCUT2D eigenvalue weighted by atomic mass is 32.2. The van der Waals surface area contributed by atoms with Crippen molar-refractivity contribution in [3.05, 3.63) is 23.5 Å². The SMILES string of the molecule is COc1cc(C#CCCSC(C)=O)c(F)cc1N. The second-order valence-electron chi connectivity index (χ2n) is 3.47. The van der Waals surface area contributed by atoms with E-state index in [-0.39, 0.29) is 16.4 Å². The molecule has 0 spiro atoms. The lowest BCUT2D eigenvalue weighted by Crippen LogP contribution is -1.95. The van der Waals surface area contributed by atoms with Gasteiger partial charge in [0, 0.05) is 31.2 Å². The number of hydrogen-bond donors (Lipinski definition) is 1. The summed E-state index contributed by atoms with van der Waals surface area (Å²) < 4.78 is 18.5. The Morgan fingerprint density at radius 1 is 1.56 bits per heavy atom. The van der Waals surface area contributed by atoms with Crippen molar-refractivity contribution in [2.45, 2.75) is 13.3 Å². The number of halogens is 1. The molecule has 0 bridgehead atoms. The van der Waals surface area contributed by atoms with Gasteiger partial charge in [-0.2, -0.15) is 0 Å². The number of anilines is 1. The van der Waals surface area contributed by atoms with E-state index in [1.54, 1.807) is 0 Å². The number of nitrogens with two attached hydrogens (primary N) is 1. The third kappa shape index (κ3) is 4.30. The number of methoxy groups -OCH3 is 1. The van der Waals surface area contributed by atoms with Crippen LogP contribution in [0, 0.1) is 17.7 Å². The van der Waals surface area contributed by atoms with Gasteiger partial charge in [0.15, 0.2) is 5.12 Å². The number of carbonyl (C=O) groups is 1. The summed E-state index contributed by atoms with van der Waals surface area (Å²) in [4.78, 5) is 10.7. The molecule has 1 aromatic rings. The minimum atomic E-state index is -0.472. The molecule has 0 saturated heterocycles. The predicted octanol–water partition coefficient (Wildman–Crippen LogP) is 2.44. The van der Waals surface area contributed by atoms with Crippen LogP contribution in [0.3, 0.4) is 0 Å². The van der Waals surface area contributed by atoms with Gasteiger partial charge in [0.2, 0.25) is 0 Å². The molecule has 3 nitrogen and oxygen atoms in total. The topological polar surface area (TPSA) is 52.3 Å². The van der Waals surface area contributed by atoms with Gasteiger partial charge in [0.25, 0.3) is 0 Å². The predicted molar refractivity (Wildman–Crippen MR) is 72.0 cm³/mol. The first-order valence-electron chi connectivity index (χ1n) is 5.30. The molecule has 2 N–H and O–H groups in total. The van der Waals surface area contributed by atoms with Crippen molar-refractivity contribution < 1.29 is 13.9 Å². The quantitative estimate of drug-likeness (QED) is 0.519. The highest BCUT2D eigenvalue weighted by molar-refractivity contribution is 8.13. The van der Waals surface area contributed by atoms with Crippen LogP contribution in [-0.2, 0) is 4.79 Å². The Balaban J connectivity index is 2.72. The minimum Gasteiger partial charge on any atom is -0.495 e. The van der Waals surface area contributed by atoms with Crippen LogP contribution in [0.2, 0.25) is 0 Å². The van der Waals surface area contributed by atoms with Crippen molar-refractivity contribution in [3.63, 3.8) is 0 Å². The van der Waals surface area contributed by atoms with E-state index in [0.29, 0.717) is 17.9 Å².